The molecule has 0 aliphatic carbocycles. The van der Waals surface area contributed by atoms with Crippen LogP contribution in [0.2, 0.25) is 0 Å². The Morgan fingerprint density at radius 1 is 0.957 bits per heavy atom. The molecule has 0 saturated heterocycles. The van der Waals surface area contributed by atoms with Crippen molar-refractivity contribution >= 4 is 14.0 Å². The van der Waals surface area contributed by atoms with Gasteiger partial charge in [-0.2, -0.15) is 0 Å². The quantitative estimate of drug-likeness (QED) is 0.571. The first-order valence-corrected chi connectivity index (χ1v) is 8.77. The molecule has 0 amide bonds. The van der Waals surface area contributed by atoms with Gasteiger partial charge in [-0.1, -0.05) is 30.3 Å². The molecule has 0 heterocycles. The Morgan fingerprint density at radius 3 is 2.09 bits per heavy atom. The third-order valence-corrected chi connectivity index (χ3v) is 5.97. The van der Waals surface area contributed by atoms with Crippen LogP contribution in [0, 0.1) is 17.5 Å². The molecule has 0 aliphatic rings. The van der Waals surface area contributed by atoms with Crippen molar-refractivity contribution in [2.45, 2.75) is 13.5 Å². The van der Waals surface area contributed by atoms with E-state index in [0.29, 0.717) is 6.61 Å². The molecule has 0 aliphatic heterocycles. The van der Waals surface area contributed by atoms with Gasteiger partial charge in [0.2, 0.25) is 0 Å². The summed E-state index contributed by atoms with van der Waals surface area (Å²) in [6.07, 6.45) is 0. The second kappa shape index (κ2) is 7.74. The fourth-order valence-electron chi connectivity index (χ4n) is 2.15. The molecule has 0 N–H and O–H groups in total. The van der Waals surface area contributed by atoms with Crippen molar-refractivity contribution in [3.05, 3.63) is 65.5 Å². The summed E-state index contributed by atoms with van der Waals surface area (Å²) in [7, 11) is -1.76. The maximum Gasteiger partial charge on any atom is 0.537 e. The second-order valence-corrected chi connectivity index (χ2v) is 7.40. The van der Waals surface area contributed by atoms with Gasteiger partial charge in [-0.3, -0.25) is 0 Å². The molecule has 1 unspecified atom stereocenters. The van der Waals surface area contributed by atoms with Gasteiger partial charge in [0.15, 0.2) is 17.5 Å². The van der Waals surface area contributed by atoms with E-state index in [9.17, 15) is 13.2 Å². The maximum atomic E-state index is 13.3. The van der Waals surface area contributed by atoms with Crippen LogP contribution in [0.3, 0.4) is 0 Å². The lowest BCUT2D eigenvalue weighted by Crippen LogP contribution is -2.55. The number of halogens is 3. The smallest absolute Gasteiger partial charge is 0.373 e. The van der Waals surface area contributed by atoms with E-state index in [0.717, 1.165) is 17.3 Å². The molecule has 23 heavy (non-hydrogen) atoms. The van der Waals surface area contributed by atoms with Crippen LogP contribution >= 0.6 is 0 Å². The second-order valence-electron chi connectivity index (χ2n) is 4.72. The van der Waals surface area contributed by atoms with Crippen LogP contribution in [-0.4, -0.2) is 22.5 Å². The lowest BCUT2D eigenvalue weighted by atomic mass is 10.2. The van der Waals surface area contributed by atoms with Gasteiger partial charge in [-0.25, -0.2) is 13.2 Å². The number of benzene rings is 2. The minimum Gasteiger partial charge on any atom is -0.373 e. The highest BCUT2D eigenvalue weighted by Crippen LogP contribution is 2.17. The standard InChI is InChI=1S/C16H17F3O3Si/c1-3-21-23(20-2,13-7-5-4-6-8-13)22-11-12-9-14(17)16(19)15(18)10-12/h4-10H,3,11H2,1-2H3. The highest BCUT2D eigenvalue weighted by atomic mass is 28.4. The predicted molar refractivity (Wildman–Crippen MR) is 81.6 cm³/mol. The first-order valence-electron chi connectivity index (χ1n) is 7.04. The summed E-state index contributed by atoms with van der Waals surface area (Å²) in [5.74, 6) is -4.02. The van der Waals surface area contributed by atoms with E-state index in [2.05, 4.69) is 0 Å². The monoisotopic (exact) mass is 342 g/mol. The van der Waals surface area contributed by atoms with Crippen molar-refractivity contribution in [1.82, 2.24) is 0 Å². The number of hydrogen-bond donors (Lipinski definition) is 0. The van der Waals surface area contributed by atoms with Gasteiger partial charge in [0.1, 0.15) is 0 Å². The minimum absolute atomic E-state index is 0.158. The molecule has 0 saturated carbocycles. The SMILES string of the molecule is CCO[Si](OC)(OCc1cc(F)c(F)c(F)c1)c1ccccc1. The molecule has 124 valence electrons. The summed E-state index contributed by atoms with van der Waals surface area (Å²) >= 11 is 0. The Bertz CT molecular complexity index is 631. The third-order valence-electron chi connectivity index (χ3n) is 3.20. The summed E-state index contributed by atoms with van der Waals surface area (Å²) < 4.78 is 56.6. The zero-order chi connectivity index (χ0) is 16.9. The Kier molecular flexibility index (Phi) is 5.95. The zero-order valence-electron chi connectivity index (χ0n) is 12.8. The van der Waals surface area contributed by atoms with Crippen LogP contribution < -0.4 is 5.19 Å². The molecular weight excluding hydrogens is 325 g/mol. The van der Waals surface area contributed by atoms with E-state index in [1.165, 1.54) is 7.11 Å². The lowest BCUT2D eigenvalue weighted by molar-refractivity contribution is 0.0900. The molecule has 0 spiro atoms. The topological polar surface area (TPSA) is 27.7 Å². The summed E-state index contributed by atoms with van der Waals surface area (Å²) in [6.45, 7) is 1.98. The fraction of sp³-hybridized carbons (Fsp3) is 0.250. The first kappa shape index (κ1) is 17.7. The van der Waals surface area contributed by atoms with Gasteiger partial charge in [0.05, 0.1) is 6.61 Å². The Balaban J connectivity index is 2.25. The molecule has 2 aromatic carbocycles. The van der Waals surface area contributed by atoms with Gasteiger partial charge < -0.3 is 13.3 Å². The van der Waals surface area contributed by atoms with Crippen molar-refractivity contribution in [3.8, 4) is 0 Å². The summed E-state index contributed by atoms with van der Waals surface area (Å²) in [5, 5.41) is 0.729. The lowest BCUT2D eigenvalue weighted by Gasteiger charge is -2.28. The Morgan fingerprint density at radius 2 is 1.57 bits per heavy atom. The normalized spacial score (nSPS) is 13.8. The maximum absolute atomic E-state index is 13.3. The third kappa shape index (κ3) is 4.00. The van der Waals surface area contributed by atoms with E-state index < -0.39 is 26.3 Å². The van der Waals surface area contributed by atoms with Gasteiger partial charge in [0, 0.05) is 18.9 Å². The van der Waals surface area contributed by atoms with Gasteiger partial charge in [-0.15, -0.1) is 0 Å². The molecule has 2 rings (SSSR count). The highest BCUT2D eigenvalue weighted by molar-refractivity contribution is 6.75. The molecule has 7 heteroatoms. The van der Waals surface area contributed by atoms with Crippen LogP contribution in [0.25, 0.3) is 0 Å². The van der Waals surface area contributed by atoms with Crippen molar-refractivity contribution in [2.24, 2.45) is 0 Å². The van der Waals surface area contributed by atoms with Crippen LogP contribution in [0.4, 0.5) is 13.2 Å². The minimum atomic E-state index is -3.22. The van der Waals surface area contributed by atoms with E-state index in [1.54, 1.807) is 19.1 Å². The van der Waals surface area contributed by atoms with Crippen LogP contribution in [-0.2, 0) is 19.9 Å². The van der Waals surface area contributed by atoms with Gasteiger partial charge >= 0.3 is 8.80 Å². The predicted octanol–water partition coefficient (Wildman–Crippen LogP) is 3.15. The summed E-state index contributed by atoms with van der Waals surface area (Å²) in [6, 6.07) is 10.9. The largest absolute Gasteiger partial charge is 0.537 e. The molecule has 0 fully saturated rings. The van der Waals surface area contributed by atoms with Crippen molar-refractivity contribution in [3.63, 3.8) is 0 Å². The van der Waals surface area contributed by atoms with E-state index in [-0.39, 0.29) is 12.2 Å². The van der Waals surface area contributed by atoms with Crippen molar-refractivity contribution in [2.75, 3.05) is 13.7 Å². The van der Waals surface area contributed by atoms with Crippen LogP contribution in [0.1, 0.15) is 12.5 Å². The average Bonchev–Trinajstić information content (AvgIpc) is 2.57. The molecule has 0 aromatic heterocycles. The van der Waals surface area contributed by atoms with Crippen molar-refractivity contribution in [1.29, 1.82) is 0 Å². The summed E-state index contributed by atoms with van der Waals surface area (Å²) in [5.41, 5.74) is 0.158. The molecule has 2 aromatic rings. The molecule has 0 bridgehead atoms. The fourth-order valence-corrected chi connectivity index (χ4v) is 4.37. The van der Waals surface area contributed by atoms with E-state index >= 15 is 0 Å². The number of hydrogen-bond acceptors (Lipinski definition) is 3. The molecule has 0 radical (unpaired) electrons. The van der Waals surface area contributed by atoms with Gasteiger partial charge in [-0.05, 0) is 24.6 Å². The van der Waals surface area contributed by atoms with E-state index in [4.69, 9.17) is 13.3 Å². The molecule has 3 nitrogen and oxygen atoms in total. The highest BCUT2D eigenvalue weighted by Gasteiger charge is 2.42. The zero-order valence-corrected chi connectivity index (χ0v) is 13.8. The summed E-state index contributed by atoms with van der Waals surface area (Å²) in [4.78, 5) is 0. The average molecular weight is 342 g/mol. The Labute approximate surface area is 134 Å². The number of rotatable bonds is 7. The molecular formula is C16H17F3O3Si. The van der Waals surface area contributed by atoms with Crippen LogP contribution in [0.15, 0.2) is 42.5 Å². The van der Waals surface area contributed by atoms with Gasteiger partial charge in [0.25, 0.3) is 0 Å². The van der Waals surface area contributed by atoms with Crippen LogP contribution in [0.5, 0.6) is 0 Å². The first-order chi connectivity index (χ1) is 11.0. The van der Waals surface area contributed by atoms with E-state index in [1.807, 2.05) is 18.2 Å². The van der Waals surface area contributed by atoms with Crippen molar-refractivity contribution < 1.29 is 26.4 Å². The molecule has 1 atom stereocenters. The Hall–Kier alpha value is -1.67.